The highest BCUT2D eigenvalue weighted by atomic mass is 35.5. The minimum atomic E-state index is -0.0376. The van der Waals surface area contributed by atoms with Crippen LogP contribution in [-0.4, -0.2) is 54.3 Å². The molecular weight excluding hydrogens is 212 g/mol. The van der Waals surface area contributed by atoms with Crippen LogP contribution in [0, 0.1) is 5.92 Å². The molecule has 15 heavy (non-hydrogen) atoms. The maximum absolute atomic E-state index is 11.8. The molecule has 0 spiro atoms. The molecule has 1 rings (SSSR count). The van der Waals surface area contributed by atoms with Crippen molar-refractivity contribution in [2.24, 2.45) is 5.92 Å². The quantitative estimate of drug-likeness (QED) is 0.685. The molecule has 1 atom stereocenters. The van der Waals surface area contributed by atoms with Gasteiger partial charge in [0.05, 0.1) is 0 Å². The Balaban J connectivity index is 2.33. The minimum absolute atomic E-state index is 0.0376. The van der Waals surface area contributed by atoms with E-state index in [9.17, 15) is 4.79 Å². The standard InChI is InChI=1S/C11H21ClN2O/c1-3-4-13-5-7-14(8-6-13)11(15)10(2)9-12/h10H,3-9H2,1-2H3. The summed E-state index contributed by atoms with van der Waals surface area (Å²) < 4.78 is 0. The van der Waals surface area contributed by atoms with Crippen LogP contribution in [-0.2, 0) is 4.79 Å². The third-order valence-electron chi connectivity index (χ3n) is 2.88. The molecule has 0 radical (unpaired) electrons. The van der Waals surface area contributed by atoms with Crippen molar-refractivity contribution in [2.75, 3.05) is 38.6 Å². The van der Waals surface area contributed by atoms with Crippen LogP contribution in [0.4, 0.5) is 0 Å². The van der Waals surface area contributed by atoms with E-state index in [0.717, 1.165) is 32.7 Å². The fourth-order valence-corrected chi connectivity index (χ4v) is 2.02. The highest BCUT2D eigenvalue weighted by Gasteiger charge is 2.23. The van der Waals surface area contributed by atoms with Crippen molar-refractivity contribution in [3.8, 4) is 0 Å². The average molecular weight is 233 g/mol. The largest absolute Gasteiger partial charge is 0.340 e. The predicted molar refractivity (Wildman–Crippen MR) is 63.2 cm³/mol. The van der Waals surface area contributed by atoms with Crippen molar-refractivity contribution in [2.45, 2.75) is 20.3 Å². The van der Waals surface area contributed by atoms with Crippen LogP contribution in [0.2, 0.25) is 0 Å². The molecule has 1 aliphatic heterocycles. The molecule has 3 nitrogen and oxygen atoms in total. The van der Waals surface area contributed by atoms with Gasteiger partial charge in [0.1, 0.15) is 0 Å². The lowest BCUT2D eigenvalue weighted by Crippen LogP contribution is -2.50. The Hall–Kier alpha value is -0.280. The van der Waals surface area contributed by atoms with Gasteiger partial charge in [0.15, 0.2) is 0 Å². The lowest BCUT2D eigenvalue weighted by Gasteiger charge is -2.35. The molecule has 0 aromatic carbocycles. The van der Waals surface area contributed by atoms with Crippen molar-refractivity contribution in [3.05, 3.63) is 0 Å². The Labute approximate surface area is 97.4 Å². The summed E-state index contributed by atoms with van der Waals surface area (Å²) in [5.74, 6) is 0.596. The fraction of sp³-hybridized carbons (Fsp3) is 0.909. The van der Waals surface area contributed by atoms with E-state index in [-0.39, 0.29) is 11.8 Å². The molecule has 88 valence electrons. The number of rotatable bonds is 4. The zero-order chi connectivity index (χ0) is 11.3. The molecule has 0 N–H and O–H groups in total. The average Bonchev–Trinajstić information content (AvgIpc) is 2.28. The zero-order valence-electron chi connectivity index (χ0n) is 9.71. The summed E-state index contributed by atoms with van der Waals surface area (Å²) in [5, 5.41) is 0. The van der Waals surface area contributed by atoms with Crippen LogP contribution >= 0.6 is 11.6 Å². The van der Waals surface area contributed by atoms with E-state index in [1.807, 2.05) is 11.8 Å². The van der Waals surface area contributed by atoms with Crippen molar-refractivity contribution in [1.29, 1.82) is 0 Å². The Morgan fingerprint density at radius 2 is 1.93 bits per heavy atom. The van der Waals surface area contributed by atoms with Gasteiger partial charge in [-0.2, -0.15) is 0 Å². The minimum Gasteiger partial charge on any atom is -0.340 e. The molecule has 0 aromatic heterocycles. The second-order valence-corrected chi connectivity index (χ2v) is 4.53. The summed E-state index contributed by atoms with van der Waals surface area (Å²) in [6.07, 6.45) is 1.19. The van der Waals surface area contributed by atoms with Gasteiger partial charge in [-0.25, -0.2) is 0 Å². The van der Waals surface area contributed by atoms with Crippen molar-refractivity contribution < 1.29 is 4.79 Å². The molecule has 1 amide bonds. The fourth-order valence-electron chi connectivity index (χ4n) is 1.89. The second-order valence-electron chi connectivity index (χ2n) is 4.22. The molecule has 1 fully saturated rings. The number of hydrogen-bond donors (Lipinski definition) is 0. The van der Waals surface area contributed by atoms with Crippen LogP contribution in [0.15, 0.2) is 0 Å². The lowest BCUT2D eigenvalue weighted by molar-refractivity contribution is -0.136. The highest BCUT2D eigenvalue weighted by Crippen LogP contribution is 2.08. The molecule has 0 saturated carbocycles. The highest BCUT2D eigenvalue weighted by molar-refractivity contribution is 6.19. The summed E-state index contributed by atoms with van der Waals surface area (Å²) in [5.41, 5.74) is 0. The van der Waals surface area contributed by atoms with Crippen LogP contribution < -0.4 is 0 Å². The number of amides is 1. The predicted octanol–water partition coefficient (Wildman–Crippen LogP) is 1.42. The van der Waals surface area contributed by atoms with Crippen molar-refractivity contribution in [1.82, 2.24) is 9.80 Å². The first-order chi connectivity index (χ1) is 7.19. The first-order valence-electron chi connectivity index (χ1n) is 5.76. The zero-order valence-corrected chi connectivity index (χ0v) is 10.5. The van der Waals surface area contributed by atoms with Crippen LogP contribution in [0.25, 0.3) is 0 Å². The van der Waals surface area contributed by atoms with Gasteiger partial charge in [-0.05, 0) is 13.0 Å². The third-order valence-corrected chi connectivity index (χ3v) is 3.34. The molecule has 1 heterocycles. The number of hydrogen-bond acceptors (Lipinski definition) is 2. The lowest BCUT2D eigenvalue weighted by atomic mass is 10.1. The molecule has 4 heteroatoms. The Bertz CT molecular complexity index is 203. The maximum atomic E-state index is 11.8. The van der Waals surface area contributed by atoms with Gasteiger partial charge in [-0.3, -0.25) is 9.69 Å². The summed E-state index contributed by atoms with van der Waals surface area (Å²) in [7, 11) is 0. The van der Waals surface area contributed by atoms with Crippen LogP contribution in [0.5, 0.6) is 0 Å². The van der Waals surface area contributed by atoms with E-state index < -0.39 is 0 Å². The second kappa shape index (κ2) is 6.33. The van der Waals surface area contributed by atoms with E-state index in [4.69, 9.17) is 11.6 Å². The maximum Gasteiger partial charge on any atom is 0.226 e. The number of halogens is 1. The number of piperazine rings is 1. The number of carbonyl (C=O) groups is 1. The SMILES string of the molecule is CCCN1CCN(C(=O)C(C)CCl)CC1. The number of alkyl halides is 1. The van der Waals surface area contributed by atoms with Crippen molar-refractivity contribution >= 4 is 17.5 Å². The van der Waals surface area contributed by atoms with Gasteiger partial charge in [0.2, 0.25) is 5.91 Å². The van der Waals surface area contributed by atoms with Gasteiger partial charge >= 0.3 is 0 Å². The van der Waals surface area contributed by atoms with Crippen molar-refractivity contribution in [3.63, 3.8) is 0 Å². The number of nitrogens with zero attached hydrogens (tertiary/aromatic N) is 2. The molecule has 1 aliphatic rings. The van der Waals surface area contributed by atoms with Gasteiger partial charge in [-0.15, -0.1) is 11.6 Å². The molecule has 0 bridgehead atoms. The summed E-state index contributed by atoms with van der Waals surface area (Å²) in [6.45, 7) is 8.97. The van der Waals surface area contributed by atoms with E-state index in [2.05, 4.69) is 11.8 Å². The molecule has 0 aliphatic carbocycles. The molecule has 0 aromatic rings. The van der Waals surface area contributed by atoms with E-state index >= 15 is 0 Å². The Kier molecular flexibility index (Phi) is 5.40. The van der Waals surface area contributed by atoms with E-state index in [0.29, 0.717) is 5.88 Å². The summed E-state index contributed by atoms with van der Waals surface area (Å²) >= 11 is 5.69. The third kappa shape index (κ3) is 3.65. The summed E-state index contributed by atoms with van der Waals surface area (Å²) in [6, 6.07) is 0. The van der Waals surface area contributed by atoms with Crippen LogP contribution in [0.3, 0.4) is 0 Å². The van der Waals surface area contributed by atoms with Crippen LogP contribution in [0.1, 0.15) is 20.3 Å². The topological polar surface area (TPSA) is 23.6 Å². The normalized spacial score (nSPS) is 20.3. The van der Waals surface area contributed by atoms with E-state index in [1.54, 1.807) is 0 Å². The first-order valence-corrected chi connectivity index (χ1v) is 6.29. The van der Waals surface area contributed by atoms with Gasteiger partial charge in [-0.1, -0.05) is 13.8 Å². The smallest absolute Gasteiger partial charge is 0.226 e. The van der Waals surface area contributed by atoms with Gasteiger partial charge in [0.25, 0.3) is 0 Å². The van der Waals surface area contributed by atoms with E-state index in [1.165, 1.54) is 6.42 Å². The monoisotopic (exact) mass is 232 g/mol. The summed E-state index contributed by atoms with van der Waals surface area (Å²) in [4.78, 5) is 16.2. The molecular formula is C11H21ClN2O. The Morgan fingerprint density at radius 3 is 2.40 bits per heavy atom. The molecule has 1 unspecified atom stereocenters. The van der Waals surface area contributed by atoms with Gasteiger partial charge in [0, 0.05) is 38.0 Å². The number of carbonyl (C=O) groups excluding carboxylic acids is 1. The molecule has 1 saturated heterocycles. The Morgan fingerprint density at radius 1 is 1.33 bits per heavy atom. The van der Waals surface area contributed by atoms with Gasteiger partial charge < -0.3 is 4.90 Å². The first kappa shape index (κ1) is 12.8.